The third kappa shape index (κ3) is 10.4. The molecule has 0 aromatic heterocycles. The summed E-state index contributed by atoms with van der Waals surface area (Å²) in [5.74, 6) is -2.18. The van der Waals surface area contributed by atoms with Crippen molar-refractivity contribution < 1.29 is 47.0 Å². The molecule has 6 atom stereocenters. The van der Waals surface area contributed by atoms with Gasteiger partial charge < -0.3 is 29.9 Å². The molecule has 2 aromatic rings. The Kier molecular flexibility index (Phi) is 14.6. The molecule has 2 unspecified atom stereocenters. The van der Waals surface area contributed by atoms with Crippen LogP contribution < -0.4 is 21.3 Å². The van der Waals surface area contributed by atoms with Crippen molar-refractivity contribution in [1.82, 2.24) is 40.9 Å². The van der Waals surface area contributed by atoms with Gasteiger partial charge in [0.25, 0.3) is 11.8 Å². The molecule has 10 aliphatic rings. The highest BCUT2D eigenvalue weighted by Crippen LogP contribution is 2.41. The van der Waals surface area contributed by atoms with E-state index in [1.807, 2.05) is 24.3 Å². The van der Waals surface area contributed by atoms with Crippen LogP contribution in [0.4, 0.5) is 8.78 Å². The maximum Gasteiger partial charge on any atom is 0.255 e. The molecular formula is C54H70F2N8O8. The smallest absolute Gasteiger partial charge is 0.255 e. The molecule has 12 rings (SSSR count). The number of carbonyl (C=O) groups excluding carboxylic acids is 6. The highest BCUT2D eigenvalue weighted by Gasteiger charge is 2.45. The van der Waals surface area contributed by atoms with E-state index in [1.54, 1.807) is 21.9 Å². The number of likely N-dealkylation sites (tertiary alicyclic amines) is 2. The molecule has 0 bridgehead atoms. The first-order chi connectivity index (χ1) is 34.9. The number of imide groups is 2. The van der Waals surface area contributed by atoms with Gasteiger partial charge >= 0.3 is 0 Å². The lowest BCUT2D eigenvalue weighted by atomic mass is 9.82. The quantitative estimate of drug-likeness (QED) is 0.254. The first-order valence-electron chi connectivity index (χ1n) is 27.0. The molecule has 2 aliphatic carbocycles. The van der Waals surface area contributed by atoms with Crippen LogP contribution in [0.2, 0.25) is 0 Å². The summed E-state index contributed by atoms with van der Waals surface area (Å²) in [4.78, 5) is 81.1. The summed E-state index contributed by atoms with van der Waals surface area (Å²) in [6.45, 7) is 7.39. The van der Waals surface area contributed by atoms with Crippen molar-refractivity contribution in [2.45, 2.75) is 176 Å². The van der Waals surface area contributed by atoms with Crippen LogP contribution in [-0.2, 0) is 41.7 Å². The van der Waals surface area contributed by atoms with Crippen LogP contribution >= 0.6 is 0 Å². The summed E-state index contributed by atoms with van der Waals surface area (Å²) in [6.07, 6.45) is 10.4. The zero-order chi connectivity index (χ0) is 49.6. The number of ether oxygens (including phenoxy) is 2. The Morgan fingerprint density at radius 2 is 0.903 bits per heavy atom. The average molecular weight is 997 g/mol. The normalized spacial score (nSPS) is 33.9. The number of benzene rings is 2. The van der Waals surface area contributed by atoms with Crippen LogP contribution in [0.15, 0.2) is 36.4 Å². The molecule has 72 heavy (non-hydrogen) atoms. The second kappa shape index (κ2) is 21.3. The molecule has 8 fully saturated rings. The topological polar surface area (TPSA) is 182 Å². The largest absolute Gasteiger partial charge is 0.375 e. The fourth-order valence-electron chi connectivity index (χ4n) is 13.2. The third-order valence-electron chi connectivity index (χ3n) is 17.6. The predicted octanol–water partition coefficient (Wildman–Crippen LogP) is 3.75. The van der Waals surface area contributed by atoms with Crippen molar-refractivity contribution in [3.8, 4) is 0 Å². The number of piperidine rings is 6. The molecular weight excluding hydrogens is 927 g/mol. The maximum absolute atomic E-state index is 15.4. The van der Waals surface area contributed by atoms with Crippen LogP contribution in [0.1, 0.15) is 145 Å². The van der Waals surface area contributed by atoms with Crippen LogP contribution in [0, 0.1) is 0 Å². The molecule has 388 valence electrons. The van der Waals surface area contributed by atoms with E-state index in [0.717, 1.165) is 126 Å². The van der Waals surface area contributed by atoms with E-state index in [0.29, 0.717) is 86.6 Å². The van der Waals surface area contributed by atoms with Gasteiger partial charge in [-0.15, -0.1) is 0 Å². The standard InChI is InChI=1S/2C27H35FN4O4/c2*28-23-15-31(18-12-20(13-18)36-19-5-8-29-9-6-19)10-7-21(23)16-1-2-22-17(11-16)14-32(27(22)35)24-3-4-25(33)30-26(24)34/h2*1-2,11,18-21,23-24,29H,3-10,12-15H2,(H,30,33,34)/t2*18?,20?,21-,23-,24?/m10/s1. The van der Waals surface area contributed by atoms with E-state index < -0.39 is 36.2 Å². The second-order valence-electron chi connectivity index (χ2n) is 22.1. The number of nitrogens with zero attached hydrogens (tertiary/aromatic N) is 4. The van der Waals surface area contributed by atoms with Crippen molar-refractivity contribution in [2.24, 2.45) is 0 Å². The first kappa shape index (κ1) is 49.5. The molecule has 8 heterocycles. The van der Waals surface area contributed by atoms with Gasteiger partial charge in [-0.3, -0.25) is 49.2 Å². The Balaban J connectivity index is 0.000000156. The molecule has 0 spiro atoms. The van der Waals surface area contributed by atoms with Crippen molar-refractivity contribution in [3.63, 3.8) is 0 Å². The molecule has 0 radical (unpaired) electrons. The van der Waals surface area contributed by atoms with E-state index >= 15 is 8.78 Å². The zero-order valence-corrected chi connectivity index (χ0v) is 41.2. The SMILES string of the molecule is O=C1CCC(N2Cc3cc([C@@H]4CCN(C5CC(OC6CCNCC6)C5)C[C@@H]4F)ccc3C2=O)C(=O)N1.O=C1CCC(N2Cc3cc([C@H]4CCN(C5CC(OC6CCNCC6)C5)C[C@H]4F)ccc3C2=O)C(=O)N1. The van der Waals surface area contributed by atoms with E-state index in [4.69, 9.17) is 9.47 Å². The third-order valence-corrected chi connectivity index (χ3v) is 17.6. The van der Waals surface area contributed by atoms with Crippen molar-refractivity contribution in [1.29, 1.82) is 0 Å². The minimum absolute atomic E-state index is 0.187. The van der Waals surface area contributed by atoms with Gasteiger partial charge in [0.2, 0.25) is 23.6 Å². The Labute approximate surface area is 420 Å². The van der Waals surface area contributed by atoms with Gasteiger partial charge in [0.1, 0.15) is 24.4 Å². The molecule has 6 saturated heterocycles. The van der Waals surface area contributed by atoms with E-state index in [1.165, 1.54) is 0 Å². The number of fused-ring (bicyclic) bond motifs is 2. The molecule has 8 aliphatic heterocycles. The molecule has 2 saturated carbocycles. The van der Waals surface area contributed by atoms with Gasteiger partial charge in [-0.25, -0.2) is 8.78 Å². The fourth-order valence-corrected chi connectivity index (χ4v) is 13.2. The Hall–Kier alpha value is -4.72. The summed E-state index contributed by atoms with van der Waals surface area (Å²) >= 11 is 0. The van der Waals surface area contributed by atoms with Gasteiger partial charge in [0.15, 0.2) is 0 Å². The lowest BCUT2D eigenvalue weighted by Crippen LogP contribution is -2.54. The van der Waals surface area contributed by atoms with Gasteiger partial charge in [-0.2, -0.15) is 0 Å². The molecule has 18 heteroatoms. The van der Waals surface area contributed by atoms with E-state index in [-0.39, 0.29) is 48.3 Å². The minimum Gasteiger partial charge on any atom is -0.375 e. The first-order valence-corrected chi connectivity index (χ1v) is 27.0. The van der Waals surface area contributed by atoms with Crippen LogP contribution in [0.25, 0.3) is 0 Å². The van der Waals surface area contributed by atoms with E-state index in [9.17, 15) is 28.8 Å². The fraction of sp³-hybridized carbons (Fsp3) is 0.667. The number of hydrogen-bond acceptors (Lipinski definition) is 12. The van der Waals surface area contributed by atoms with Crippen LogP contribution in [-0.4, -0.2) is 168 Å². The molecule has 16 nitrogen and oxygen atoms in total. The minimum atomic E-state index is -0.954. The zero-order valence-electron chi connectivity index (χ0n) is 41.2. The monoisotopic (exact) mass is 997 g/mol. The van der Waals surface area contributed by atoms with Crippen molar-refractivity contribution in [3.05, 3.63) is 69.8 Å². The van der Waals surface area contributed by atoms with Crippen LogP contribution in [0.3, 0.4) is 0 Å². The summed E-state index contributed by atoms with van der Waals surface area (Å²) in [6, 6.07) is 10.8. The van der Waals surface area contributed by atoms with Gasteiger partial charge in [-0.1, -0.05) is 24.3 Å². The second-order valence-corrected chi connectivity index (χ2v) is 22.1. The number of amides is 6. The molecule has 2 aromatic carbocycles. The van der Waals surface area contributed by atoms with Gasteiger partial charge in [0, 0.05) is 74.1 Å². The van der Waals surface area contributed by atoms with E-state index in [2.05, 4.69) is 31.1 Å². The molecule has 6 amide bonds. The number of carbonyl (C=O) groups is 6. The number of nitrogens with one attached hydrogen (secondary N) is 4. The average Bonchev–Trinajstić information content (AvgIpc) is 3.86. The van der Waals surface area contributed by atoms with Gasteiger partial charge in [0.05, 0.1) is 24.4 Å². The number of rotatable bonds is 10. The number of halogens is 2. The van der Waals surface area contributed by atoms with Crippen molar-refractivity contribution in [2.75, 3.05) is 52.4 Å². The van der Waals surface area contributed by atoms with Crippen molar-refractivity contribution >= 4 is 35.4 Å². The summed E-state index contributed by atoms with van der Waals surface area (Å²) in [5, 5.41) is 11.4. The lowest BCUT2D eigenvalue weighted by molar-refractivity contribution is -0.138. The number of alkyl halides is 2. The Bertz CT molecular complexity index is 2240. The summed E-state index contributed by atoms with van der Waals surface area (Å²) in [5.41, 5.74) is 4.69. The van der Waals surface area contributed by atoms with Gasteiger partial charge in [-0.05, 0) is 151 Å². The summed E-state index contributed by atoms with van der Waals surface area (Å²) < 4.78 is 43.3. The lowest BCUT2D eigenvalue weighted by Gasteiger charge is -2.47. The summed E-state index contributed by atoms with van der Waals surface area (Å²) in [7, 11) is 0. The number of hydrogen-bond donors (Lipinski definition) is 4. The highest BCUT2D eigenvalue weighted by atomic mass is 19.1. The maximum atomic E-state index is 15.4. The van der Waals surface area contributed by atoms with Crippen LogP contribution in [0.5, 0.6) is 0 Å². The predicted molar refractivity (Wildman–Crippen MR) is 260 cm³/mol. The molecule has 4 N–H and O–H groups in total. The Morgan fingerprint density at radius 1 is 0.500 bits per heavy atom. The Morgan fingerprint density at radius 3 is 1.28 bits per heavy atom. The highest BCUT2D eigenvalue weighted by molar-refractivity contribution is 6.06.